The molecule has 0 spiro atoms. The topological polar surface area (TPSA) is 49.8 Å². The first-order chi connectivity index (χ1) is 8.80. The van der Waals surface area contributed by atoms with Gasteiger partial charge in [-0.05, 0) is 18.2 Å². The summed E-state index contributed by atoms with van der Waals surface area (Å²) in [4.78, 5) is 12.5. The molecule has 4 nitrogen and oxygen atoms in total. The number of nitrogens with zero attached hydrogens (tertiary/aromatic N) is 1. The van der Waals surface area contributed by atoms with Gasteiger partial charge in [-0.2, -0.15) is 13.2 Å². The maximum atomic E-state index is 12.6. The zero-order chi connectivity index (χ0) is 14.2. The van der Waals surface area contributed by atoms with Gasteiger partial charge in [0.2, 0.25) is 6.23 Å². The molecule has 0 saturated carbocycles. The lowest BCUT2D eigenvalue weighted by Gasteiger charge is -2.25. The van der Waals surface area contributed by atoms with Crippen molar-refractivity contribution in [3.63, 3.8) is 0 Å². The molecule has 19 heavy (non-hydrogen) atoms. The summed E-state index contributed by atoms with van der Waals surface area (Å²) in [5.41, 5.74) is -0.0818. The Morgan fingerprint density at radius 2 is 2.16 bits per heavy atom. The summed E-state index contributed by atoms with van der Waals surface area (Å²) < 4.78 is 42.4. The maximum absolute atomic E-state index is 12.6. The maximum Gasteiger partial charge on any atom is 0.433 e. The number of hydrogen-bond acceptors (Lipinski definition) is 3. The lowest BCUT2D eigenvalue weighted by Crippen LogP contribution is -2.45. The van der Waals surface area contributed by atoms with E-state index in [4.69, 9.17) is 11.6 Å². The molecule has 1 aliphatic heterocycles. The molecule has 1 fully saturated rings. The third kappa shape index (κ3) is 2.76. The standard InChI is InChI=1S/C11H9ClF3NO3/c12-7-2-1-6(5-8(7)17)9(18)16-3-4-19-10(16)11(13,14)15/h1-2,5,10,17H,3-4H2. The summed E-state index contributed by atoms with van der Waals surface area (Å²) >= 11 is 5.57. The number of phenols is 1. The first kappa shape index (κ1) is 14.0. The number of carbonyl (C=O) groups excluding carboxylic acids is 1. The van der Waals surface area contributed by atoms with Gasteiger partial charge < -0.3 is 14.7 Å². The second kappa shape index (κ2) is 4.90. The van der Waals surface area contributed by atoms with Crippen LogP contribution in [0.2, 0.25) is 5.02 Å². The third-order valence-electron chi connectivity index (χ3n) is 2.62. The van der Waals surface area contributed by atoms with Gasteiger partial charge in [0.25, 0.3) is 5.91 Å². The second-order valence-electron chi connectivity index (χ2n) is 3.93. The minimum absolute atomic E-state index is 0.0154. The van der Waals surface area contributed by atoms with E-state index in [0.717, 1.165) is 6.07 Å². The van der Waals surface area contributed by atoms with Crippen LogP contribution in [-0.2, 0) is 4.74 Å². The van der Waals surface area contributed by atoms with Gasteiger partial charge in [-0.3, -0.25) is 4.79 Å². The van der Waals surface area contributed by atoms with E-state index in [1.807, 2.05) is 0 Å². The van der Waals surface area contributed by atoms with Crippen molar-refractivity contribution in [1.29, 1.82) is 0 Å². The summed E-state index contributed by atoms with van der Waals surface area (Å²) in [6.45, 7) is -0.345. The highest BCUT2D eigenvalue weighted by Crippen LogP contribution is 2.31. The number of phenolic OH excluding ortho intramolecular Hbond substituents is 1. The molecule has 8 heteroatoms. The van der Waals surface area contributed by atoms with Gasteiger partial charge in [0.05, 0.1) is 11.6 Å². The second-order valence-corrected chi connectivity index (χ2v) is 4.34. The summed E-state index contributed by atoms with van der Waals surface area (Å²) in [5, 5.41) is 9.38. The molecule has 1 atom stereocenters. The van der Waals surface area contributed by atoms with Crippen LogP contribution in [0, 0.1) is 0 Å². The number of hydrogen-bond donors (Lipinski definition) is 1. The molecule has 0 aromatic heterocycles. The fraction of sp³-hybridized carbons (Fsp3) is 0.364. The minimum Gasteiger partial charge on any atom is -0.506 e. The normalized spacial score (nSPS) is 19.8. The number of amides is 1. The summed E-state index contributed by atoms with van der Waals surface area (Å²) in [7, 11) is 0. The SMILES string of the molecule is O=C(c1ccc(Cl)c(O)c1)N1CCOC1C(F)(F)F. The molecule has 0 aliphatic carbocycles. The predicted octanol–water partition coefficient (Wildman–Crippen LogP) is 2.41. The van der Waals surface area contributed by atoms with E-state index in [2.05, 4.69) is 4.74 Å². The van der Waals surface area contributed by atoms with E-state index in [1.54, 1.807) is 0 Å². The van der Waals surface area contributed by atoms with Crippen molar-refractivity contribution in [3.8, 4) is 5.75 Å². The number of ether oxygens (including phenoxy) is 1. The van der Waals surface area contributed by atoms with E-state index in [1.165, 1.54) is 12.1 Å². The molecule has 0 radical (unpaired) electrons. The molecule has 1 aromatic carbocycles. The molecule has 1 heterocycles. The average Bonchev–Trinajstić information content (AvgIpc) is 2.80. The van der Waals surface area contributed by atoms with Crippen molar-refractivity contribution in [1.82, 2.24) is 4.90 Å². The highest BCUT2D eigenvalue weighted by molar-refractivity contribution is 6.32. The van der Waals surface area contributed by atoms with Crippen molar-refractivity contribution in [2.24, 2.45) is 0 Å². The Morgan fingerprint density at radius 3 is 2.74 bits per heavy atom. The fourth-order valence-electron chi connectivity index (χ4n) is 1.76. The zero-order valence-electron chi connectivity index (χ0n) is 9.45. The zero-order valence-corrected chi connectivity index (χ0v) is 10.2. The Hall–Kier alpha value is -1.47. The molecule has 1 aliphatic rings. The van der Waals surface area contributed by atoms with Gasteiger partial charge in [-0.1, -0.05) is 11.6 Å². The summed E-state index contributed by atoms with van der Waals surface area (Å²) in [6.07, 6.45) is -6.90. The average molecular weight is 296 g/mol. The van der Waals surface area contributed by atoms with Gasteiger partial charge >= 0.3 is 6.18 Å². The fourth-order valence-corrected chi connectivity index (χ4v) is 1.88. The first-order valence-electron chi connectivity index (χ1n) is 5.28. The third-order valence-corrected chi connectivity index (χ3v) is 2.94. The van der Waals surface area contributed by atoms with Crippen LogP contribution in [0.3, 0.4) is 0 Å². The lowest BCUT2D eigenvalue weighted by atomic mass is 10.2. The van der Waals surface area contributed by atoms with Crippen LogP contribution >= 0.6 is 11.6 Å². The largest absolute Gasteiger partial charge is 0.506 e. The van der Waals surface area contributed by atoms with Crippen molar-refractivity contribution >= 4 is 17.5 Å². The first-order valence-corrected chi connectivity index (χ1v) is 5.66. The van der Waals surface area contributed by atoms with E-state index in [0.29, 0.717) is 4.90 Å². The molecule has 1 unspecified atom stereocenters. The van der Waals surface area contributed by atoms with E-state index < -0.39 is 18.3 Å². The van der Waals surface area contributed by atoms with Crippen LogP contribution in [0.1, 0.15) is 10.4 Å². The molecular formula is C11H9ClF3NO3. The van der Waals surface area contributed by atoms with E-state index in [-0.39, 0.29) is 29.5 Å². The monoisotopic (exact) mass is 295 g/mol. The Kier molecular flexibility index (Phi) is 3.60. The Balaban J connectivity index is 2.26. The number of alkyl halides is 3. The van der Waals surface area contributed by atoms with Crippen LogP contribution < -0.4 is 0 Å². The number of carbonyl (C=O) groups is 1. The minimum atomic E-state index is -4.65. The van der Waals surface area contributed by atoms with Crippen molar-refractivity contribution < 1.29 is 27.8 Å². The Labute approximate surface area is 111 Å². The van der Waals surface area contributed by atoms with Gasteiger partial charge in [0.1, 0.15) is 5.75 Å². The smallest absolute Gasteiger partial charge is 0.433 e. The number of aromatic hydroxyl groups is 1. The van der Waals surface area contributed by atoms with Gasteiger partial charge in [0.15, 0.2) is 0 Å². The van der Waals surface area contributed by atoms with Crippen LogP contribution in [0.5, 0.6) is 5.75 Å². The van der Waals surface area contributed by atoms with Crippen LogP contribution in [0.25, 0.3) is 0 Å². The van der Waals surface area contributed by atoms with Crippen LogP contribution in [-0.4, -0.2) is 41.5 Å². The van der Waals surface area contributed by atoms with Crippen LogP contribution in [0.4, 0.5) is 13.2 Å². The van der Waals surface area contributed by atoms with E-state index in [9.17, 15) is 23.1 Å². The molecule has 2 rings (SSSR count). The van der Waals surface area contributed by atoms with Crippen molar-refractivity contribution in [2.75, 3.05) is 13.2 Å². The molecule has 104 valence electrons. The number of benzene rings is 1. The quantitative estimate of drug-likeness (QED) is 0.865. The lowest BCUT2D eigenvalue weighted by molar-refractivity contribution is -0.232. The molecule has 0 bridgehead atoms. The van der Waals surface area contributed by atoms with Gasteiger partial charge in [0, 0.05) is 12.1 Å². The molecule has 1 N–H and O–H groups in total. The Morgan fingerprint density at radius 1 is 1.47 bits per heavy atom. The molecule has 1 saturated heterocycles. The highest BCUT2D eigenvalue weighted by atomic mass is 35.5. The molecular weight excluding hydrogens is 287 g/mol. The van der Waals surface area contributed by atoms with E-state index >= 15 is 0 Å². The van der Waals surface area contributed by atoms with Crippen molar-refractivity contribution in [2.45, 2.75) is 12.4 Å². The summed E-state index contributed by atoms with van der Waals surface area (Å²) in [6, 6.07) is 3.51. The van der Waals surface area contributed by atoms with Crippen LogP contribution in [0.15, 0.2) is 18.2 Å². The van der Waals surface area contributed by atoms with Gasteiger partial charge in [-0.15, -0.1) is 0 Å². The Bertz CT molecular complexity index is 506. The number of halogens is 4. The molecule has 1 amide bonds. The predicted molar refractivity (Wildman–Crippen MR) is 59.9 cm³/mol. The summed E-state index contributed by atoms with van der Waals surface area (Å²) in [5.74, 6) is -1.23. The molecule has 1 aromatic rings. The highest BCUT2D eigenvalue weighted by Gasteiger charge is 2.49. The number of rotatable bonds is 1. The van der Waals surface area contributed by atoms with Gasteiger partial charge in [-0.25, -0.2) is 0 Å². The van der Waals surface area contributed by atoms with Crippen molar-refractivity contribution in [3.05, 3.63) is 28.8 Å².